The molecule has 0 saturated heterocycles. The standard InChI is InChI=1S/C19H15FN2O5S/c20-16-9-5-4-8-15(16)18(23)21-22-19(24)17-11-10-13(27-17)12-28(25,26)14-6-2-1-3-7-14/h1-11H,12H2,(H,21,23)(H,22,24). The molecule has 2 amide bonds. The number of benzene rings is 2. The Bertz CT molecular complexity index is 1110. The Labute approximate surface area is 160 Å². The van der Waals surface area contributed by atoms with Crippen LogP contribution in [0.1, 0.15) is 26.7 Å². The van der Waals surface area contributed by atoms with E-state index < -0.39 is 33.2 Å². The van der Waals surface area contributed by atoms with Crippen molar-refractivity contribution in [1.82, 2.24) is 10.9 Å². The highest BCUT2D eigenvalue weighted by Gasteiger charge is 2.19. The third-order valence-electron chi connectivity index (χ3n) is 3.73. The van der Waals surface area contributed by atoms with Crippen LogP contribution in [-0.2, 0) is 15.6 Å². The first-order chi connectivity index (χ1) is 13.4. The van der Waals surface area contributed by atoms with Gasteiger partial charge in [0.05, 0.1) is 10.5 Å². The minimum absolute atomic E-state index is 0.0643. The van der Waals surface area contributed by atoms with Crippen LogP contribution in [-0.4, -0.2) is 20.2 Å². The summed E-state index contributed by atoms with van der Waals surface area (Å²) in [4.78, 5) is 24.1. The van der Waals surface area contributed by atoms with E-state index in [-0.39, 0.29) is 22.0 Å². The molecule has 0 radical (unpaired) electrons. The van der Waals surface area contributed by atoms with Crippen LogP contribution in [0.15, 0.2) is 76.0 Å². The summed E-state index contributed by atoms with van der Waals surface area (Å²) in [5.74, 6) is -2.95. The van der Waals surface area contributed by atoms with Gasteiger partial charge in [0.2, 0.25) is 0 Å². The molecule has 0 spiro atoms. The first-order valence-corrected chi connectivity index (χ1v) is 9.74. The van der Waals surface area contributed by atoms with E-state index in [4.69, 9.17) is 4.42 Å². The number of amides is 2. The molecule has 3 rings (SSSR count). The first kappa shape index (κ1) is 19.3. The van der Waals surface area contributed by atoms with Gasteiger partial charge in [-0.25, -0.2) is 12.8 Å². The van der Waals surface area contributed by atoms with Gasteiger partial charge in [-0.15, -0.1) is 0 Å². The van der Waals surface area contributed by atoms with Crippen molar-refractivity contribution in [3.05, 3.63) is 89.6 Å². The summed E-state index contributed by atoms with van der Waals surface area (Å²) >= 11 is 0. The van der Waals surface area contributed by atoms with Gasteiger partial charge >= 0.3 is 5.91 Å². The van der Waals surface area contributed by atoms with Crippen molar-refractivity contribution >= 4 is 21.7 Å². The van der Waals surface area contributed by atoms with E-state index >= 15 is 0 Å². The largest absolute Gasteiger partial charge is 0.455 e. The van der Waals surface area contributed by atoms with Crippen LogP contribution in [0.25, 0.3) is 0 Å². The van der Waals surface area contributed by atoms with Crippen LogP contribution < -0.4 is 10.9 Å². The van der Waals surface area contributed by atoms with Gasteiger partial charge in [0, 0.05) is 0 Å². The molecule has 0 bridgehead atoms. The predicted molar refractivity (Wildman–Crippen MR) is 97.4 cm³/mol. The Kier molecular flexibility index (Phi) is 5.55. The monoisotopic (exact) mass is 402 g/mol. The summed E-state index contributed by atoms with van der Waals surface area (Å²) in [5, 5.41) is 0. The maximum absolute atomic E-state index is 13.5. The second-order valence-electron chi connectivity index (χ2n) is 5.73. The van der Waals surface area contributed by atoms with Gasteiger partial charge in [-0.2, -0.15) is 0 Å². The molecule has 0 unspecified atom stereocenters. The van der Waals surface area contributed by atoms with E-state index in [1.165, 1.54) is 42.5 Å². The van der Waals surface area contributed by atoms with E-state index in [0.29, 0.717) is 0 Å². The zero-order valence-corrected chi connectivity index (χ0v) is 15.2. The summed E-state index contributed by atoms with van der Waals surface area (Å²) in [7, 11) is -3.63. The lowest BCUT2D eigenvalue weighted by Gasteiger charge is -2.06. The first-order valence-electron chi connectivity index (χ1n) is 8.08. The molecule has 0 aliphatic rings. The van der Waals surface area contributed by atoms with Crippen molar-refractivity contribution in [3.63, 3.8) is 0 Å². The Morgan fingerprint density at radius 1 is 0.857 bits per heavy atom. The minimum Gasteiger partial charge on any atom is -0.455 e. The molecule has 0 atom stereocenters. The van der Waals surface area contributed by atoms with E-state index in [1.54, 1.807) is 18.2 Å². The Morgan fingerprint density at radius 2 is 1.50 bits per heavy atom. The lowest BCUT2D eigenvalue weighted by molar-refractivity contribution is 0.0828. The maximum atomic E-state index is 13.5. The predicted octanol–water partition coefficient (Wildman–Crippen LogP) is 2.47. The molecule has 0 aliphatic carbocycles. The molecule has 144 valence electrons. The molecule has 9 heteroatoms. The van der Waals surface area contributed by atoms with Crippen molar-refractivity contribution in [1.29, 1.82) is 0 Å². The van der Waals surface area contributed by atoms with Gasteiger partial charge < -0.3 is 4.42 Å². The highest BCUT2D eigenvalue weighted by atomic mass is 32.2. The lowest BCUT2D eigenvalue weighted by atomic mass is 10.2. The van der Waals surface area contributed by atoms with Crippen LogP contribution in [0.3, 0.4) is 0 Å². The summed E-state index contributed by atoms with van der Waals surface area (Å²) in [6.07, 6.45) is 0. The molecule has 1 aromatic heterocycles. The molecule has 7 nitrogen and oxygen atoms in total. The third-order valence-corrected chi connectivity index (χ3v) is 5.38. The van der Waals surface area contributed by atoms with Crippen molar-refractivity contribution in [2.75, 3.05) is 0 Å². The number of carbonyl (C=O) groups is 2. The molecule has 2 N–H and O–H groups in total. The number of furan rings is 1. The second-order valence-corrected chi connectivity index (χ2v) is 7.72. The van der Waals surface area contributed by atoms with Crippen LogP contribution in [0.2, 0.25) is 0 Å². The number of carbonyl (C=O) groups excluding carboxylic acids is 2. The summed E-state index contributed by atoms with van der Waals surface area (Å²) < 4.78 is 43.5. The van der Waals surface area contributed by atoms with Crippen LogP contribution in [0.5, 0.6) is 0 Å². The Balaban J connectivity index is 1.63. The van der Waals surface area contributed by atoms with Gasteiger partial charge in [-0.1, -0.05) is 30.3 Å². The second kappa shape index (κ2) is 8.05. The number of hydrogen-bond acceptors (Lipinski definition) is 5. The summed E-state index contributed by atoms with van der Waals surface area (Å²) in [6, 6.07) is 15.7. The lowest BCUT2D eigenvalue weighted by Crippen LogP contribution is -2.41. The normalized spacial score (nSPS) is 11.0. The molecule has 2 aromatic carbocycles. The van der Waals surface area contributed by atoms with Crippen LogP contribution in [0, 0.1) is 5.82 Å². The zero-order chi connectivity index (χ0) is 20.1. The highest BCUT2D eigenvalue weighted by Crippen LogP contribution is 2.18. The smallest absolute Gasteiger partial charge is 0.305 e. The van der Waals surface area contributed by atoms with Crippen LogP contribution >= 0.6 is 0 Å². The Morgan fingerprint density at radius 3 is 2.21 bits per heavy atom. The third kappa shape index (κ3) is 4.44. The topological polar surface area (TPSA) is 105 Å². The zero-order valence-electron chi connectivity index (χ0n) is 14.4. The van der Waals surface area contributed by atoms with E-state index in [0.717, 1.165) is 6.07 Å². The molecule has 1 heterocycles. The molecule has 0 fully saturated rings. The van der Waals surface area contributed by atoms with Gasteiger partial charge in [0.1, 0.15) is 17.3 Å². The van der Waals surface area contributed by atoms with Crippen molar-refractivity contribution in [3.8, 4) is 0 Å². The maximum Gasteiger partial charge on any atom is 0.305 e. The molecule has 3 aromatic rings. The SMILES string of the molecule is O=C(NNC(=O)c1ccccc1F)c1ccc(CS(=O)(=O)c2ccccc2)o1. The molecule has 0 saturated carbocycles. The fourth-order valence-electron chi connectivity index (χ4n) is 2.36. The van der Waals surface area contributed by atoms with Crippen molar-refractivity contribution in [2.45, 2.75) is 10.6 Å². The summed E-state index contributed by atoms with van der Waals surface area (Å²) in [5.41, 5.74) is 3.91. The minimum atomic E-state index is -3.63. The summed E-state index contributed by atoms with van der Waals surface area (Å²) in [6.45, 7) is 0. The molecule has 0 aliphatic heterocycles. The number of rotatable bonds is 5. The van der Waals surface area contributed by atoms with Gasteiger partial charge in [-0.05, 0) is 36.4 Å². The average molecular weight is 402 g/mol. The number of hydrogen-bond donors (Lipinski definition) is 2. The number of nitrogens with one attached hydrogen (secondary N) is 2. The fourth-order valence-corrected chi connectivity index (χ4v) is 3.63. The van der Waals surface area contributed by atoms with Gasteiger partial charge in [-0.3, -0.25) is 20.4 Å². The fraction of sp³-hybridized carbons (Fsp3) is 0.0526. The number of halogens is 1. The van der Waals surface area contributed by atoms with Gasteiger partial charge in [0.25, 0.3) is 5.91 Å². The number of sulfone groups is 1. The van der Waals surface area contributed by atoms with E-state index in [9.17, 15) is 22.4 Å². The highest BCUT2D eigenvalue weighted by molar-refractivity contribution is 7.90. The molecular weight excluding hydrogens is 387 g/mol. The molecule has 28 heavy (non-hydrogen) atoms. The van der Waals surface area contributed by atoms with Crippen molar-refractivity contribution < 1.29 is 26.8 Å². The van der Waals surface area contributed by atoms with Gasteiger partial charge in [0.15, 0.2) is 15.6 Å². The van der Waals surface area contributed by atoms with E-state index in [2.05, 4.69) is 10.9 Å². The van der Waals surface area contributed by atoms with E-state index in [1.807, 2.05) is 0 Å². The van der Waals surface area contributed by atoms with Crippen LogP contribution in [0.4, 0.5) is 4.39 Å². The molecular formula is C19H15FN2O5S. The Hall–Kier alpha value is -3.46. The number of hydrazine groups is 1. The van der Waals surface area contributed by atoms with Crippen molar-refractivity contribution in [2.24, 2.45) is 0 Å². The average Bonchev–Trinajstić information content (AvgIpc) is 3.15. The quantitative estimate of drug-likeness (QED) is 0.638.